The number of hydrogen-bond donors (Lipinski definition) is 3. The molecule has 3 aromatic rings. The molecule has 1 heterocycles. The van der Waals surface area contributed by atoms with Gasteiger partial charge in [-0.25, -0.2) is 4.79 Å². The molecule has 8 nitrogen and oxygen atoms in total. The summed E-state index contributed by atoms with van der Waals surface area (Å²) in [5.74, 6) is -2.02. The number of alkyl halides is 3. The van der Waals surface area contributed by atoms with Crippen molar-refractivity contribution in [1.29, 1.82) is 0 Å². The summed E-state index contributed by atoms with van der Waals surface area (Å²) in [6.45, 7) is 4.13. The van der Waals surface area contributed by atoms with Crippen LogP contribution in [-0.2, 0) is 14.3 Å². The maximum atomic E-state index is 13.2. The van der Waals surface area contributed by atoms with Gasteiger partial charge in [-0.3, -0.25) is 19.8 Å². The van der Waals surface area contributed by atoms with Gasteiger partial charge in [-0.2, -0.15) is 13.2 Å². The van der Waals surface area contributed by atoms with E-state index < -0.39 is 42.2 Å². The predicted molar refractivity (Wildman–Crippen MR) is 169 cm³/mol. The average Bonchev–Trinajstić information content (AvgIpc) is 3.36. The van der Waals surface area contributed by atoms with Crippen molar-refractivity contribution in [3.8, 4) is 0 Å². The molecule has 45 heavy (non-hydrogen) atoms. The van der Waals surface area contributed by atoms with Crippen LogP contribution in [0, 0.1) is 5.92 Å². The zero-order valence-corrected chi connectivity index (χ0v) is 25.7. The quantitative estimate of drug-likeness (QED) is 0.220. The van der Waals surface area contributed by atoms with Gasteiger partial charge in [0.05, 0.1) is 23.8 Å². The van der Waals surface area contributed by atoms with Gasteiger partial charge in [0.25, 0.3) is 0 Å². The highest BCUT2D eigenvalue weighted by Gasteiger charge is 2.42. The van der Waals surface area contributed by atoms with Crippen LogP contribution in [0.4, 0.5) is 35.0 Å². The van der Waals surface area contributed by atoms with E-state index in [2.05, 4.69) is 16.0 Å². The Hall–Kier alpha value is -4.35. The highest BCUT2D eigenvalue weighted by Crippen LogP contribution is 2.35. The Labute approximate surface area is 264 Å². The zero-order chi connectivity index (χ0) is 32.8. The summed E-state index contributed by atoms with van der Waals surface area (Å²) in [5, 5.41) is 8.63. The molecule has 238 valence electrons. The van der Waals surface area contributed by atoms with Crippen molar-refractivity contribution in [3.63, 3.8) is 0 Å². The fourth-order valence-electron chi connectivity index (χ4n) is 4.95. The van der Waals surface area contributed by atoms with Crippen molar-refractivity contribution in [2.45, 2.75) is 38.5 Å². The third-order valence-corrected chi connectivity index (χ3v) is 7.11. The first kappa shape index (κ1) is 33.5. The topological polar surface area (TPSA) is 99.8 Å². The Morgan fingerprint density at radius 2 is 1.51 bits per heavy atom. The lowest BCUT2D eigenvalue weighted by atomic mass is 9.88. The lowest BCUT2D eigenvalue weighted by Crippen LogP contribution is -2.34. The Balaban J connectivity index is 1.43. The standard InChI is InChI=1S/C33H34ClF3N4O4/c1-32(2,3)45-31(44)40-28-7-5-4-6-27(28)39-29(42)17-10-21-8-11-22(12-9-21)25-18-41(20-33(35,36)37)19-26(25)30(43)38-24-15-13-23(34)14-16-24/h4-17,25-26H,18-20H2,1-3H3,(H,38,43)(H,39,42)(H,40,44)/b17-10+. The summed E-state index contributed by atoms with van der Waals surface area (Å²) in [6, 6.07) is 20.1. The van der Waals surface area contributed by atoms with Crippen molar-refractivity contribution in [2.75, 3.05) is 35.6 Å². The molecule has 2 atom stereocenters. The molecule has 0 aliphatic carbocycles. The Morgan fingerprint density at radius 1 is 0.889 bits per heavy atom. The first-order chi connectivity index (χ1) is 21.1. The third-order valence-electron chi connectivity index (χ3n) is 6.86. The second-order valence-corrected chi connectivity index (χ2v) is 12.1. The Kier molecular flexibility index (Phi) is 10.6. The summed E-state index contributed by atoms with van der Waals surface area (Å²) in [7, 11) is 0. The largest absolute Gasteiger partial charge is 0.444 e. The van der Waals surface area contributed by atoms with Gasteiger partial charge in [-0.15, -0.1) is 0 Å². The average molecular weight is 643 g/mol. The summed E-state index contributed by atoms with van der Waals surface area (Å²) in [6.07, 6.45) is -2.15. The predicted octanol–water partition coefficient (Wildman–Crippen LogP) is 7.56. The van der Waals surface area contributed by atoms with Gasteiger partial charge in [-0.1, -0.05) is 48.0 Å². The van der Waals surface area contributed by atoms with Crippen LogP contribution in [0.15, 0.2) is 78.9 Å². The molecule has 3 aromatic carbocycles. The molecule has 0 spiro atoms. The van der Waals surface area contributed by atoms with E-state index >= 15 is 0 Å². The second kappa shape index (κ2) is 14.2. The van der Waals surface area contributed by atoms with Crippen LogP contribution < -0.4 is 16.0 Å². The lowest BCUT2D eigenvalue weighted by Gasteiger charge is -2.20. The number of halogens is 4. The van der Waals surface area contributed by atoms with Crippen LogP contribution in [-0.4, -0.2) is 54.2 Å². The van der Waals surface area contributed by atoms with Crippen LogP contribution >= 0.6 is 11.6 Å². The van der Waals surface area contributed by atoms with E-state index in [9.17, 15) is 27.6 Å². The van der Waals surface area contributed by atoms with Crippen LogP contribution in [0.2, 0.25) is 5.02 Å². The van der Waals surface area contributed by atoms with Crippen molar-refractivity contribution in [2.24, 2.45) is 5.92 Å². The molecule has 12 heteroatoms. The van der Waals surface area contributed by atoms with Gasteiger partial charge < -0.3 is 15.4 Å². The number of carbonyl (C=O) groups excluding carboxylic acids is 3. The first-order valence-electron chi connectivity index (χ1n) is 14.2. The molecule has 0 saturated carbocycles. The third kappa shape index (κ3) is 10.4. The number of nitrogens with zero attached hydrogens (tertiary/aromatic N) is 1. The van der Waals surface area contributed by atoms with Gasteiger partial charge in [0.1, 0.15) is 5.60 Å². The van der Waals surface area contributed by atoms with Crippen molar-refractivity contribution in [1.82, 2.24) is 4.90 Å². The lowest BCUT2D eigenvalue weighted by molar-refractivity contribution is -0.144. The number of ether oxygens (including phenoxy) is 1. The molecule has 3 N–H and O–H groups in total. The number of amides is 3. The molecule has 1 aliphatic rings. The summed E-state index contributed by atoms with van der Waals surface area (Å²) in [5.41, 5.74) is 1.93. The first-order valence-corrected chi connectivity index (χ1v) is 14.6. The number of hydrogen-bond acceptors (Lipinski definition) is 5. The molecule has 2 unspecified atom stereocenters. The fourth-order valence-corrected chi connectivity index (χ4v) is 5.08. The van der Waals surface area contributed by atoms with Gasteiger partial charge in [0.2, 0.25) is 11.8 Å². The van der Waals surface area contributed by atoms with E-state index in [0.29, 0.717) is 33.2 Å². The second-order valence-electron chi connectivity index (χ2n) is 11.7. The molecular formula is C33H34ClF3N4O4. The minimum absolute atomic E-state index is 0.0459. The minimum Gasteiger partial charge on any atom is -0.444 e. The van der Waals surface area contributed by atoms with E-state index in [0.717, 1.165) is 0 Å². The van der Waals surface area contributed by atoms with Gasteiger partial charge in [-0.05, 0) is 74.4 Å². The summed E-state index contributed by atoms with van der Waals surface area (Å²) in [4.78, 5) is 39.3. The number of nitrogens with one attached hydrogen (secondary N) is 3. The molecule has 1 fully saturated rings. The Morgan fingerprint density at radius 3 is 2.11 bits per heavy atom. The van der Waals surface area contributed by atoms with Gasteiger partial charge in [0, 0.05) is 35.8 Å². The molecule has 1 aliphatic heterocycles. The highest BCUT2D eigenvalue weighted by atomic mass is 35.5. The Bertz CT molecular complexity index is 1540. The van der Waals surface area contributed by atoms with E-state index in [1.165, 1.54) is 11.0 Å². The molecule has 1 saturated heterocycles. The van der Waals surface area contributed by atoms with E-state index in [1.54, 1.807) is 99.6 Å². The summed E-state index contributed by atoms with van der Waals surface area (Å²) >= 11 is 5.92. The molecule has 4 rings (SSSR count). The minimum atomic E-state index is -4.40. The number of carbonyl (C=O) groups is 3. The van der Waals surface area contributed by atoms with Crippen molar-refractivity contribution >= 4 is 52.6 Å². The van der Waals surface area contributed by atoms with Gasteiger partial charge in [0.15, 0.2) is 0 Å². The number of anilines is 3. The van der Waals surface area contributed by atoms with Crippen LogP contribution in [0.3, 0.4) is 0 Å². The van der Waals surface area contributed by atoms with E-state index in [4.69, 9.17) is 16.3 Å². The smallest absolute Gasteiger partial charge is 0.412 e. The maximum Gasteiger partial charge on any atom is 0.412 e. The molecule has 0 aromatic heterocycles. The van der Waals surface area contributed by atoms with E-state index in [-0.39, 0.29) is 19.0 Å². The number of rotatable bonds is 8. The maximum absolute atomic E-state index is 13.2. The van der Waals surface area contributed by atoms with Crippen LogP contribution in [0.25, 0.3) is 6.08 Å². The van der Waals surface area contributed by atoms with E-state index in [1.807, 2.05) is 0 Å². The number of benzene rings is 3. The SMILES string of the molecule is CC(C)(C)OC(=O)Nc1ccccc1NC(=O)/C=C/c1ccc(C2CN(CC(F)(F)F)CC2C(=O)Nc2ccc(Cl)cc2)cc1. The van der Waals surface area contributed by atoms with Crippen molar-refractivity contribution in [3.05, 3.63) is 95.0 Å². The highest BCUT2D eigenvalue weighted by molar-refractivity contribution is 6.30. The fraction of sp³-hybridized carbons (Fsp3) is 0.303. The molecule has 0 radical (unpaired) electrons. The number of para-hydroxylation sites is 2. The van der Waals surface area contributed by atoms with Crippen LogP contribution in [0.1, 0.15) is 37.8 Å². The molecule has 0 bridgehead atoms. The van der Waals surface area contributed by atoms with Gasteiger partial charge >= 0.3 is 12.3 Å². The van der Waals surface area contributed by atoms with Crippen LogP contribution in [0.5, 0.6) is 0 Å². The van der Waals surface area contributed by atoms with Crippen molar-refractivity contribution < 1.29 is 32.3 Å². The molecular weight excluding hydrogens is 609 g/mol. The zero-order valence-electron chi connectivity index (χ0n) is 25.0. The molecule has 3 amide bonds. The summed E-state index contributed by atoms with van der Waals surface area (Å²) < 4.78 is 44.9. The monoisotopic (exact) mass is 642 g/mol. The number of likely N-dealkylation sites (tertiary alicyclic amines) is 1. The normalized spacial score (nSPS) is 17.2.